The molecule has 4 heterocycles. The number of benzene rings is 1. The molecule has 4 aromatic heterocycles. The number of nitrogens with one attached hydrogen (secondary N) is 1. The van der Waals surface area contributed by atoms with E-state index in [0.29, 0.717) is 22.9 Å². The van der Waals surface area contributed by atoms with Crippen molar-refractivity contribution in [2.45, 2.75) is 38.5 Å². The van der Waals surface area contributed by atoms with Gasteiger partial charge in [0, 0.05) is 30.1 Å². The standard InChI is InChI=1S/C24H23FN10O3/c1-38-21-5-4-20(35-13-27-30-32-35)18(22(21)25)7-26-24(37)19-11-34(31-29-19)10-17-9-33-8-15(14-2-3-14)6-16(12-36)23(33)28-17/h4-6,8-9,11,13-14,36H,2-3,7,10,12H2,1H3,(H,26,37). The van der Waals surface area contributed by atoms with Crippen molar-refractivity contribution in [3.05, 3.63) is 77.0 Å². The molecule has 0 radical (unpaired) electrons. The highest BCUT2D eigenvalue weighted by molar-refractivity contribution is 5.91. The molecule has 0 atom stereocenters. The smallest absolute Gasteiger partial charge is 0.273 e. The lowest BCUT2D eigenvalue weighted by atomic mass is 10.1. The van der Waals surface area contributed by atoms with E-state index in [1.165, 1.54) is 40.6 Å². The van der Waals surface area contributed by atoms with Gasteiger partial charge in [-0.25, -0.2) is 18.7 Å². The van der Waals surface area contributed by atoms with Crippen LogP contribution in [0, 0.1) is 5.82 Å². The summed E-state index contributed by atoms with van der Waals surface area (Å²) in [6.45, 7) is 0.0142. The third kappa shape index (κ3) is 4.45. The minimum absolute atomic E-state index is 0.0260. The summed E-state index contributed by atoms with van der Waals surface area (Å²) in [6.07, 6.45) is 9.06. The molecule has 1 aromatic carbocycles. The number of imidazole rings is 1. The summed E-state index contributed by atoms with van der Waals surface area (Å²) in [5.74, 6) is -0.601. The van der Waals surface area contributed by atoms with Crippen LogP contribution in [-0.4, -0.2) is 62.7 Å². The summed E-state index contributed by atoms with van der Waals surface area (Å²) in [7, 11) is 1.36. The van der Waals surface area contributed by atoms with E-state index in [9.17, 15) is 9.90 Å². The average Bonchev–Trinajstić information content (AvgIpc) is 3.28. The second-order valence-electron chi connectivity index (χ2n) is 9.01. The average molecular weight is 519 g/mol. The Morgan fingerprint density at radius 2 is 2.11 bits per heavy atom. The second kappa shape index (κ2) is 9.63. The van der Waals surface area contributed by atoms with Gasteiger partial charge in [-0.2, -0.15) is 0 Å². The van der Waals surface area contributed by atoms with E-state index in [1.54, 1.807) is 6.07 Å². The van der Waals surface area contributed by atoms with Crippen LogP contribution in [0.15, 0.2) is 43.1 Å². The van der Waals surface area contributed by atoms with Crippen LogP contribution in [0.2, 0.25) is 0 Å². The lowest BCUT2D eigenvalue weighted by Crippen LogP contribution is -2.25. The number of aromatic nitrogens is 9. The third-order valence-electron chi connectivity index (χ3n) is 6.44. The van der Waals surface area contributed by atoms with Crippen LogP contribution in [0.1, 0.15) is 51.6 Å². The monoisotopic (exact) mass is 518 g/mol. The number of nitrogens with zero attached hydrogens (tertiary/aromatic N) is 9. The highest BCUT2D eigenvalue weighted by atomic mass is 19.1. The van der Waals surface area contributed by atoms with Crippen LogP contribution in [0.25, 0.3) is 11.3 Å². The number of carbonyl (C=O) groups excluding carboxylic acids is 1. The van der Waals surface area contributed by atoms with Gasteiger partial charge in [-0.15, -0.1) is 10.2 Å². The van der Waals surface area contributed by atoms with E-state index in [4.69, 9.17) is 4.74 Å². The summed E-state index contributed by atoms with van der Waals surface area (Å²) < 4.78 is 24.8. The van der Waals surface area contributed by atoms with E-state index in [1.807, 2.05) is 22.9 Å². The number of amides is 1. The number of halogens is 1. The molecule has 1 fully saturated rings. The number of hydrogen-bond donors (Lipinski definition) is 2. The fourth-order valence-electron chi connectivity index (χ4n) is 4.38. The maximum Gasteiger partial charge on any atom is 0.273 e. The van der Waals surface area contributed by atoms with Gasteiger partial charge in [0.25, 0.3) is 5.91 Å². The van der Waals surface area contributed by atoms with E-state index >= 15 is 4.39 Å². The van der Waals surface area contributed by atoms with Crippen molar-refractivity contribution >= 4 is 11.6 Å². The zero-order valence-corrected chi connectivity index (χ0v) is 20.3. The molecule has 0 aliphatic heterocycles. The quantitative estimate of drug-likeness (QED) is 0.295. The first-order chi connectivity index (χ1) is 18.5. The van der Waals surface area contributed by atoms with E-state index in [-0.39, 0.29) is 36.7 Å². The minimum atomic E-state index is -0.636. The molecular weight excluding hydrogens is 495 g/mol. The van der Waals surface area contributed by atoms with Crippen LogP contribution < -0.4 is 10.1 Å². The van der Waals surface area contributed by atoms with Gasteiger partial charge >= 0.3 is 0 Å². The topological polar surface area (TPSA) is 150 Å². The Balaban J connectivity index is 1.18. The molecule has 6 rings (SSSR count). The molecule has 1 aliphatic carbocycles. The molecule has 13 nitrogen and oxygen atoms in total. The molecule has 0 bridgehead atoms. The summed E-state index contributed by atoms with van der Waals surface area (Å²) >= 11 is 0. The Kier molecular flexibility index (Phi) is 5.99. The Bertz CT molecular complexity index is 1620. The summed E-state index contributed by atoms with van der Waals surface area (Å²) in [5.41, 5.74) is 3.92. The highest BCUT2D eigenvalue weighted by Crippen LogP contribution is 2.40. The largest absolute Gasteiger partial charge is 0.494 e. The number of aliphatic hydroxyl groups is 1. The Hall–Kier alpha value is -4.72. The number of hydrogen-bond acceptors (Lipinski definition) is 9. The van der Waals surface area contributed by atoms with Crippen molar-refractivity contribution in [3.8, 4) is 11.4 Å². The van der Waals surface area contributed by atoms with Crippen LogP contribution in [-0.2, 0) is 19.7 Å². The number of ether oxygens (including phenoxy) is 1. The fourth-order valence-corrected chi connectivity index (χ4v) is 4.38. The van der Waals surface area contributed by atoms with E-state index < -0.39 is 11.7 Å². The molecule has 2 N–H and O–H groups in total. The zero-order valence-electron chi connectivity index (χ0n) is 20.3. The van der Waals surface area contributed by atoms with Gasteiger partial charge in [-0.1, -0.05) is 5.21 Å². The van der Waals surface area contributed by atoms with Crippen LogP contribution in [0.3, 0.4) is 0 Å². The van der Waals surface area contributed by atoms with Crippen molar-refractivity contribution < 1.29 is 19.0 Å². The zero-order chi connectivity index (χ0) is 26.2. The second-order valence-corrected chi connectivity index (χ2v) is 9.01. The molecule has 14 heteroatoms. The van der Waals surface area contributed by atoms with Gasteiger partial charge < -0.3 is 19.6 Å². The SMILES string of the molecule is COc1ccc(-n2cnnn2)c(CNC(=O)c2cn(Cc3cn4cc(C5CC5)cc(CO)c4n3)nn2)c1F. The number of aliphatic hydroxyl groups excluding tert-OH is 1. The molecule has 1 saturated carbocycles. The predicted octanol–water partition coefficient (Wildman–Crippen LogP) is 1.40. The molecule has 0 saturated heterocycles. The van der Waals surface area contributed by atoms with E-state index in [2.05, 4.69) is 36.1 Å². The molecule has 38 heavy (non-hydrogen) atoms. The van der Waals surface area contributed by atoms with Crippen molar-refractivity contribution in [1.82, 2.24) is 49.9 Å². The summed E-state index contributed by atoms with van der Waals surface area (Å²) in [6, 6.07) is 5.07. The highest BCUT2D eigenvalue weighted by Gasteiger charge is 2.25. The van der Waals surface area contributed by atoms with Gasteiger partial charge in [0.05, 0.1) is 37.8 Å². The Morgan fingerprint density at radius 3 is 2.84 bits per heavy atom. The van der Waals surface area contributed by atoms with Crippen molar-refractivity contribution in [2.24, 2.45) is 0 Å². The number of tetrazole rings is 1. The third-order valence-corrected chi connectivity index (χ3v) is 6.44. The number of carbonyl (C=O) groups is 1. The maximum atomic E-state index is 15.0. The Morgan fingerprint density at radius 1 is 1.24 bits per heavy atom. The first-order valence-electron chi connectivity index (χ1n) is 11.9. The first-order valence-corrected chi connectivity index (χ1v) is 11.9. The maximum absolute atomic E-state index is 15.0. The van der Waals surface area contributed by atoms with Gasteiger partial charge in [0.2, 0.25) is 0 Å². The van der Waals surface area contributed by atoms with Gasteiger partial charge in [-0.3, -0.25) is 4.79 Å². The number of pyridine rings is 1. The molecule has 0 unspecified atom stereocenters. The number of methoxy groups -OCH3 is 1. The molecule has 1 amide bonds. The van der Waals surface area contributed by atoms with Crippen molar-refractivity contribution in [3.63, 3.8) is 0 Å². The van der Waals surface area contributed by atoms with Crippen LogP contribution in [0.4, 0.5) is 4.39 Å². The van der Waals surface area contributed by atoms with Crippen LogP contribution >= 0.6 is 0 Å². The van der Waals surface area contributed by atoms with E-state index in [0.717, 1.165) is 18.4 Å². The minimum Gasteiger partial charge on any atom is -0.494 e. The lowest BCUT2D eigenvalue weighted by Gasteiger charge is -2.13. The molecule has 0 spiro atoms. The van der Waals surface area contributed by atoms with Gasteiger partial charge in [0.15, 0.2) is 17.3 Å². The normalized spacial score (nSPS) is 13.2. The fraction of sp³-hybridized carbons (Fsp3) is 0.292. The first kappa shape index (κ1) is 23.7. The Labute approximate surface area is 214 Å². The van der Waals surface area contributed by atoms with Gasteiger partial charge in [0.1, 0.15) is 12.0 Å². The molecule has 194 valence electrons. The summed E-state index contributed by atoms with van der Waals surface area (Å²) in [5, 5.41) is 31.4. The molecule has 1 aliphatic rings. The molecule has 5 aromatic rings. The van der Waals surface area contributed by atoms with Crippen molar-refractivity contribution in [1.29, 1.82) is 0 Å². The summed E-state index contributed by atoms with van der Waals surface area (Å²) in [4.78, 5) is 17.4. The number of rotatable bonds is 9. The predicted molar refractivity (Wildman–Crippen MR) is 129 cm³/mol. The molecular formula is C24H23FN10O3. The van der Waals surface area contributed by atoms with Crippen molar-refractivity contribution in [2.75, 3.05) is 7.11 Å². The lowest BCUT2D eigenvalue weighted by molar-refractivity contribution is 0.0945. The van der Waals surface area contributed by atoms with Gasteiger partial charge in [-0.05, 0) is 52.9 Å². The number of fused-ring (bicyclic) bond motifs is 1. The van der Waals surface area contributed by atoms with Crippen LogP contribution in [0.5, 0.6) is 5.75 Å².